The molecule has 7 nitrogen and oxygen atoms in total. The predicted octanol–water partition coefficient (Wildman–Crippen LogP) is 3.42. The van der Waals surface area contributed by atoms with Crippen molar-refractivity contribution in [2.24, 2.45) is 0 Å². The smallest absolute Gasteiger partial charge is 0.265 e. The van der Waals surface area contributed by atoms with Crippen LogP contribution in [0.3, 0.4) is 0 Å². The van der Waals surface area contributed by atoms with Crippen LogP contribution in [0.25, 0.3) is 0 Å². The zero-order chi connectivity index (χ0) is 20.9. The van der Waals surface area contributed by atoms with Crippen molar-refractivity contribution >= 4 is 44.4 Å². The summed E-state index contributed by atoms with van der Waals surface area (Å²) < 4.78 is 30.6. The summed E-state index contributed by atoms with van der Waals surface area (Å²) >= 11 is 1.24. The number of hydrogen-bond donors (Lipinski definition) is 2. The number of methoxy groups -OCH3 is 1. The van der Waals surface area contributed by atoms with E-state index in [4.69, 9.17) is 4.74 Å². The molecule has 2 amide bonds. The van der Waals surface area contributed by atoms with Gasteiger partial charge in [0.15, 0.2) is 9.84 Å². The Morgan fingerprint density at radius 1 is 0.966 bits per heavy atom. The van der Waals surface area contributed by atoms with Crippen molar-refractivity contribution in [3.05, 3.63) is 70.9 Å². The Morgan fingerprint density at radius 2 is 1.69 bits per heavy atom. The Balaban J connectivity index is 1.74. The van der Waals surface area contributed by atoms with E-state index in [9.17, 15) is 18.0 Å². The van der Waals surface area contributed by atoms with Crippen LogP contribution >= 0.6 is 11.3 Å². The summed E-state index contributed by atoms with van der Waals surface area (Å²) in [5.74, 6) is -1.24. The molecule has 0 bridgehead atoms. The molecule has 1 heterocycles. The molecule has 29 heavy (non-hydrogen) atoms. The maximum atomic E-state index is 12.8. The van der Waals surface area contributed by atoms with Crippen LogP contribution < -0.4 is 15.4 Å². The zero-order valence-corrected chi connectivity index (χ0v) is 17.0. The molecule has 0 fully saturated rings. The number of carbonyl (C=O) groups excluding carboxylic acids is 2. The summed E-state index contributed by atoms with van der Waals surface area (Å²) in [6.07, 6.45) is 0. The van der Waals surface area contributed by atoms with Gasteiger partial charge in [0, 0.05) is 5.69 Å². The van der Waals surface area contributed by atoms with Gasteiger partial charge in [0.2, 0.25) is 5.91 Å². The number of sulfone groups is 1. The molecule has 3 aromatic rings. The number of thiophene rings is 1. The lowest BCUT2D eigenvalue weighted by atomic mass is 10.3. The van der Waals surface area contributed by atoms with Crippen LogP contribution in [0.4, 0.5) is 11.4 Å². The summed E-state index contributed by atoms with van der Waals surface area (Å²) in [7, 11) is -2.46. The molecule has 0 aliphatic rings. The highest BCUT2D eigenvalue weighted by Crippen LogP contribution is 2.24. The van der Waals surface area contributed by atoms with E-state index in [2.05, 4.69) is 10.6 Å². The maximum absolute atomic E-state index is 12.8. The van der Waals surface area contributed by atoms with Gasteiger partial charge < -0.3 is 15.4 Å². The molecule has 150 valence electrons. The molecule has 0 radical (unpaired) electrons. The van der Waals surface area contributed by atoms with Gasteiger partial charge >= 0.3 is 0 Å². The highest BCUT2D eigenvalue weighted by molar-refractivity contribution is 7.92. The first-order valence-electron chi connectivity index (χ1n) is 8.49. The minimum absolute atomic E-state index is 0.116. The third-order valence-corrected chi connectivity index (χ3v) is 6.45. The summed E-state index contributed by atoms with van der Waals surface area (Å²) in [5.41, 5.74) is 0.577. The summed E-state index contributed by atoms with van der Waals surface area (Å²) in [6, 6.07) is 15.9. The molecule has 2 N–H and O–H groups in total. The highest BCUT2D eigenvalue weighted by atomic mass is 32.2. The second-order valence-electron chi connectivity index (χ2n) is 5.96. The van der Waals surface area contributed by atoms with E-state index >= 15 is 0 Å². The number of para-hydroxylation sites is 1. The minimum atomic E-state index is -3.99. The molecule has 0 unspecified atom stereocenters. The fraction of sp³-hybridized carbons (Fsp3) is 0.100. The van der Waals surface area contributed by atoms with Crippen LogP contribution in [-0.4, -0.2) is 33.1 Å². The third-order valence-electron chi connectivity index (χ3n) is 3.91. The Hall–Kier alpha value is -3.17. The number of anilines is 2. The highest BCUT2D eigenvalue weighted by Gasteiger charge is 2.23. The first kappa shape index (κ1) is 20.6. The van der Waals surface area contributed by atoms with Gasteiger partial charge in [-0.2, -0.15) is 0 Å². The van der Waals surface area contributed by atoms with E-state index in [1.165, 1.54) is 36.6 Å². The Kier molecular flexibility index (Phi) is 6.30. The molecule has 0 spiro atoms. The fourth-order valence-electron chi connectivity index (χ4n) is 2.55. The molecular formula is C20H18N2O5S2. The molecule has 1 aromatic heterocycles. The van der Waals surface area contributed by atoms with Crippen LogP contribution in [0.5, 0.6) is 5.75 Å². The Bertz CT molecular complexity index is 1110. The van der Waals surface area contributed by atoms with E-state index in [-0.39, 0.29) is 10.6 Å². The van der Waals surface area contributed by atoms with Crippen molar-refractivity contribution in [1.82, 2.24) is 0 Å². The second kappa shape index (κ2) is 8.89. The number of carbonyl (C=O) groups is 2. The van der Waals surface area contributed by atoms with Gasteiger partial charge in [-0.25, -0.2) is 8.42 Å². The molecule has 9 heteroatoms. The van der Waals surface area contributed by atoms with E-state index in [1.54, 1.807) is 47.8 Å². The van der Waals surface area contributed by atoms with E-state index in [1.807, 2.05) is 0 Å². The van der Waals surface area contributed by atoms with E-state index in [0.717, 1.165) is 0 Å². The van der Waals surface area contributed by atoms with Gasteiger partial charge in [0.25, 0.3) is 5.91 Å². The molecule has 2 aromatic carbocycles. The number of ether oxygens (including phenoxy) is 1. The van der Waals surface area contributed by atoms with E-state index < -0.39 is 27.4 Å². The molecular weight excluding hydrogens is 412 g/mol. The quantitative estimate of drug-likeness (QED) is 0.598. The average Bonchev–Trinajstić information content (AvgIpc) is 3.23. The molecule has 0 atom stereocenters. The average molecular weight is 431 g/mol. The first-order chi connectivity index (χ1) is 13.9. The molecule has 0 aliphatic heterocycles. The number of hydrogen-bond acceptors (Lipinski definition) is 6. The maximum Gasteiger partial charge on any atom is 0.265 e. The topological polar surface area (TPSA) is 102 Å². The minimum Gasteiger partial charge on any atom is -0.497 e. The van der Waals surface area contributed by atoms with Gasteiger partial charge in [0.1, 0.15) is 11.5 Å². The Labute approximate surface area is 172 Å². The normalized spacial score (nSPS) is 10.9. The van der Waals surface area contributed by atoms with Crippen LogP contribution in [0.2, 0.25) is 0 Å². The predicted molar refractivity (Wildman–Crippen MR) is 112 cm³/mol. The molecule has 0 saturated heterocycles. The summed E-state index contributed by atoms with van der Waals surface area (Å²) in [4.78, 5) is 24.9. The number of rotatable bonds is 7. The van der Waals surface area contributed by atoms with Crippen molar-refractivity contribution in [3.8, 4) is 5.75 Å². The third kappa shape index (κ3) is 5.21. The second-order valence-corrected chi connectivity index (χ2v) is 8.87. The number of benzene rings is 2. The largest absolute Gasteiger partial charge is 0.497 e. The van der Waals surface area contributed by atoms with Gasteiger partial charge in [-0.3, -0.25) is 9.59 Å². The zero-order valence-electron chi connectivity index (χ0n) is 15.4. The molecule has 0 aliphatic carbocycles. The van der Waals surface area contributed by atoms with Crippen LogP contribution in [-0.2, 0) is 14.6 Å². The first-order valence-corrected chi connectivity index (χ1v) is 11.0. The summed E-state index contributed by atoms with van der Waals surface area (Å²) in [5, 5.41) is 6.89. The van der Waals surface area contributed by atoms with Gasteiger partial charge in [-0.1, -0.05) is 18.2 Å². The van der Waals surface area contributed by atoms with Gasteiger partial charge in [-0.15, -0.1) is 11.3 Å². The lowest BCUT2D eigenvalue weighted by Crippen LogP contribution is -2.24. The summed E-state index contributed by atoms with van der Waals surface area (Å²) in [6.45, 7) is 0. The monoisotopic (exact) mass is 430 g/mol. The van der Waals surface area contributed by atoms with Crippen molar-refractivity contribution in [1.29, 1.82) is 0 Å². The van der Waals surface area contributed by atoms with E-state index in [0.29, 0.717) is 16.3 Å². The van der Waals surface area contributed by atoms with Crippen LogP contribution in [0, 0.1) is 0 Å². The Morgan fingerprint density at radius 3 is 2.34 bits per heavy atom. The lowest BCUT2D eigenvalue weighted by Gasteiger charge is -2.12. The lowest BCUT2D eigenvalue weighted by molar-refractivity contribution is -0.113. The fourth-order valence-corrected chi connectivity index (χ4v) is 4.49. The van der Waals surface area contributed by atoms with Crippen molar-refractivity contribution in [2.45, 2.75) is 4.90 Å². The van der Waals surface area contributed by atoms with Gasteiger partial charge in [-0.05, 0) is 47.8 Å². The van der Waals surface area contributed by atoms with Crippen LogP contribution in [0.1, 0.15) is 9.67 Å². The number of nitrogens with one attached hydrogen (secondary N) is 2. The van der Waals surface area contributed by atoms with Crippen molar-refractivity contribution in [2.75, 3.05) is 23.5 Å². The standard InChI is InChI=1S/C20H18N2O5S2/c1-27-15-10-8-14(9-11-15)21-19(23)13-29(25,26)18-7-3-2-5-16(18)22-20(24)17-6-4-12-28-17/h2-12H,13H2,1H3,(H,21,23)(H,22,24). The SMILES string of the molecule is COc1ccc(NC(=O)CS(=O)(=O)c2ccccc2NC(=O)c2cccs2)cc1. The molecule has 0 saturated carbocycles. The van der Waals surface area contributed by atoms with Crippen LogP contribution in [0.15, 0.2) is 70.9 Å². The van der Waals surface area contributed by atoms with Gasteiger partial charge in [0.05, 0.1) is 22.6 Å². The van der Waals surface area contributed by atoms with Crippen molar-refractivity contribution < 1.29 is 22.7 Å². The number of amides is 2. The van der Waals surface area contributed by atoms with Crippen molar-refractivity contribution in [3.63, 3.8) is 0 Å². The molecule has 3 rings (SSSR count).